The van der Waals surface area contributed by atoms with Crippen molar-refractivity contribution in [2.45, 2.75) is 0 Å². The van der Waals surface area contributed by atoms with Crippen molar-refractivity contribution in [3.05, 3.63) is 0 Å². The summed E-state index contributed by atoms with van der Waals surface area (Å²) in [4.78, 5) is 0. The molecule has 0 fully saturated rings. The molecule has 2 N–H and O–H groups in total. The molecule has 46 valence electrons. The van der Waals surface area contributed by atoms with Gasteiger partial charge in [-0.05, 0) is 0 Å². The van der Waals surface area contributed by atoms with Gasteiger partial charge in [0.2, 0.25) is 0 Å². The van der Waals surface area contributed by atoms with E-state index in [2.05, 4.69) is 0 Å². The zero-order valence-electron chi connectivity index (χ0n) is 3.12. The fraction of sp³-hybridized carbons (Fsp3) is 0. The SMILES string of the molecule is O=S(=O)(O)O.[AlH3].[Th].[U]. The van der Waals surface area contributed by atoms with Crippen molar-refractivity contribution in [2.75, 3.05) is 0 Å². The van der Waals surface area contributed by atoms with Crippen molar-refractivity contribution >= 4 is 27.8 Å². The molecular weight excluding hydrogens is 593 g/mol. The van der Waals surface area contributed by atoms with Gasteiger partial charge in [-0.1, -0.05) is 0 Å². The van der Waals surface area contributed by atoms with Crippen LogP contribution in [0, 0.1) is 71.1 Å². The van der Waals surface area contributed by atoms with E-state index in [1.54, 1.807) is 0 Å². The first-order valence-corrected chi connectivity index (χ1v) is 2.10. The summed E-state index contributed by atoms with van der Waals surface area (Å²) in [7, 11) is -4.67. The molecule has 0 saturated carbocycles. The minimum Gasteiger partial charge on any atom is -0.264 e. The Kier molecular flexibility index (Phi) is 27.4. The molecule has 0 aliphatic carbocycles. The van der Waals surface area contributed by atoms with Crippen molar-refractivity contribution in [1.82, 2.24) is 0 Å². The molecule has 0 rings (SSSR count). The Morgan fingerprint density at radius 3 is 1.12 bits per heavy atom. The van der Waals surface area contributed by atoms with Gasteiger partial charge in [-0.15, -0.1) is 0 Å². The molecule has 0 unspecified atom stereocenters. The first kappa shape index (κ1) is 22.4. The average molecular weight is 598 g/mol. The van der Waals surface area contributed by atoms with Crippen LogP contribution in [0.25, 0.3) is 0 Å². The molecule has 4 nitrogen and oxygen atoms in total. The van der Waals surface area contributed by atoms with Crippen LogP contribution >= 0.6 is 0 Å². The van der Waals surface area contributed by atoms with Gasteiger partial charge in [0, 0.05) is 71.1 Å². The summed E-state index contributed by atoms with van der Waals surface area (Å²) in [5.41, 5.74) is 0. The van der Waals surface area contributed by atoms with Crippen molar-refractivity contribution in [3.8, 4) is 0 Å². The van der Waals surface area contributed by atoms with Crippen LogP contribution in [-0.2, 0) is 10.4 Å². The van der Waals surface area contributed by atoms with Gasteiger partial charge in [0.15, 0.2) is 17.4 Å². The zero-order valence-corrected chi connectivity index (χ0v) is 12.2. The van der Waals surface area contributed by atoms with E-state index in [1.165, 1.54) is 0 Å². The van der Waals surface area contributed by atoms with E-state index in [0.717, 1.165) is 0 Å². The molecule has 0 aliphatic heterocycles. The fourth-order valence-electron chi connectivity index (χ4n) is 0. The molecule has 0 aromatic carbocycles. The fourth-order valence-corrected chi connectivity index (χ4v) is 0. The Balaban J connectivity index is -0.0000000267. The predicted molar refractivity (Wildman–Crippen MR) is 24.1 cm³/mol. The number of rotatable bonds is 0. The van der Waals surface area contributed by atoms with Crippen LogP contribution in [0.4, 0.5) is 0 Å². The van der Waals surface area contributed by atoms with Gasteiger partial charge in [0.05, 0.1) is 0 Å². The van der Waals surface area contributed by atoms with Gasteiger partial charge in [-0.25, -0.2) is 0 Å². The van der Waals surface area contributed by atoms with Crippen LogP contribution in [-0.4, -0.2) is 34.9 Å². The maximum atomic E-state index is 8.74. The van der Waals surface area contributed by atoms with E-state index in [0.29, 0.717) is 0 Å². The quantitative estimate of drug-likeness (QED) is 0.254. The Hall–Kier alpha value is 2.78. The third-order valence-electron chi connectivity index (χ3n) is 0. The molecular formula is H5AlO4SThU. The molecule has 0 aromatic heterocycles. The second-order valence-corrected chi connectivity index (χ2v) is 1.34. The van der Waals surface area contributed by atoms with Gasteiger partial charge < -0.3 is 0 Å². The third kappa shape index (κ3) is 68.8. The number of hydrogen-bond acceptors (Lipinski definition) is 2. The Morgan fingerprint density at radius 1 is 1.12 bits per heavy atom. The molecule has 0 amide bonds. The van der Waals surface area contributed by atoms with E-state index >= 15 is 0 Å². The largest absolute Gasteiger partial charge is 0.394 e. The summed E-state index contributed by atoms with van der Waals surface area (Å²) in [6.45, 7) is 0. The smallest absolute Gasteiger partial charge is 0.264 e. The van der Waals surface area contributed by atoms with E-state index < -0.39 is 10.4 Å². The second kappa shape index (κ2) is 9.78. The molecule has 8 heavy (non-hydrogen) atoms. The average Bonchev–Trinajstić information content (AvgIpc) is 0.722. The van der Waals surface area contributed by atoms with Crippen molar-refractivity contribution in [1.29, 1.82) is 0 Å². The summed E-state index contributed by atoms with van der Waals surface area (Å²) >= 11 is 0. The molecule has 0 heterocycles. The minimum absolute atomic E-state index is 0. The summed E-state index contributed by atoms with van der Waals surface area (Å²) in [5.74, 6) is 0. The van der Waals surface area contributed by atoms with Gasteiger partial charge in [-0.2, -0.15) is 8.42 Å². The Labute approximate surface area is 114 Å². The topological polar surface area (TPSA) is 74.6 Å². The van der Waals surface area contributed by atoms with E-state index in [9.17, 15) is 0 Å². The van der Waals surface area contributed by atoms with Crippen LogP contribution < -0.4 is 0 Å². The molecule has 0 bridgehead atoms. The van der Waals surface area contributed by atoms with Gasteiger partial charge >= 0.3 is 10.4 Å². The first-order valence-electron chi connectivity index (χ1n) is 0.698. The monoisotopic (exact) mass is 598 g/mol. The van der Waals surface area contributed by atoms with E-state index in [-0.39, 0.29) is 88.4 Å². The van der Waals surface area contributed by atoms with E-state index in [4.69, 9.17) is 17.5 Å². The summed E-state index contributed by atoms with van der Waals surface area (Å²) in [6.07, 6.45) is 0. The minimum atomic E-state index is -4.67. The van der Waals surface area contributed by atoms with Crippen LogP contribution in [0.3, 0.4) is 0 Å². The van der Waals surface area contributed by atoms with Crippen LogP contribution in [0.5, 0.6) is 0 Å². The first-order chi connectivity index (χ1) is 2.00. The van der Waals surface area contributed by atoms with E-state index in [1.807, 2.05) is 0 Å². The van der Waals surface area contributed by atoms with Crippen molar-refractivity contribution < 1.29 is 88.6 Å². The molecule has 0 spiro atoms. The number of hydrogen-bond donors (Lipinski definition) is 2. The summed E-state index contributed by atoms with van der Waals surface area (Å²) in [6, 6.07) is 0. The van der Waals surface area contributed by atoms with Crippen LogP contribution in [0.2, 0.25) is 0 Å². The van der Waals surface area contributed by atoms with Crippen LogP contribution in [0.15, 0.2) is 0 Å². The maximum Gasteiger partial charge on any atom is 0.394 e. The Bertz CT molecular complexity index is 99.2. The standard InChI is InChI=1S/Al.H2O4S.Th.U.3H/c;1-5(2,3)4;;;;;/h;(H2,1,2,3,4);;;;;. The predicted octanol–water partition coefficient (Wildman–Crippen LogP) is -1.84. The summed E-state index contributed by atoms with van der Waals surface area (Å²) < 4.78 is 31.6. The Morgan fingerprint density at radius 2 is 1.12 bits per heavy atom. The molecule has 0 aliphatic rings. The maximum absolute atomic E-state index is 8.74. The third-order valence-corrected chi connectivity index (χ3v) is 0. The van der Waals surface area contributed by atoms with Crippen molar-refractivity contribution in [3.63, 3.8) is 0 Å². The zero-order chi connectivity index (χ0) is 4.50. The molecule has 0 aromatic rings. The summed E-state index contributed by atoms with van der Waals surface area (Å²) in [5, 5.41) is 0. The van der Waals surface area contributed by atoms with Crippen molar-refractivity contribution in [2.24, 2.45) is 0 Å². The second-order valence-electron chi connectivity index (χ2n) is 0.448. The van der Waals surface area contributed by atoms with Crippen LogP contribution in [0.1, 0.15) is 0 Å². The normalized spacial score (nSPS) is 7.25. The molecule has 0 atom stereocenters. The molecule has 0 saturated heterocycles. The molecule has 8 heteroatoms. The van der Waals surface area contributed by atoms with Gasteiger partial charge in [0.25, 0.3) is 0 Å². The molecule has 0 radical (unpaired) electrons. The van der Waals surface area contributed by atoms with Gasteiger partial charge in [0.1, 0.15) is 0 Å². The van der Waals surface area contributed by atoms with Gasteiger partial charge in [-0.3, -0.25) is 9.11 Å².